The highest BCUT2D eigenvalue weighted by molar-refractivity contribution is 5.59. The van der Waals surface area contributed by atoms with Gasteiger partial charge in [-0.1, -0.05) is 0 Å². The summed E-state index contributed by atoms with van der Waals surface area (Å²) in [5, 5.41) is 20.9. The van der Waals surface area contributed by atoms with Crippen molar-refractivity contribution in [1.29, 1.82) is 0 Å². The molecule has 20 heavy (non-hydrogen) atoms. The molecule has 0 aromatic heterocycles. The Labute approximate surface area is 119 Å². The molecule has 0 bridgehead atoms. The van der Waals surface area contributed by atoms with E-state index in [1.807, 2.05) is 11.8 Å². The summed E-state index contributed by atoms with van der Waals surface area (Å²) in [6, 6.07) is 4.76. The van der Waals surface area contributed by atoms with Gasteiger partial charge in [0.15, 0.2) is 5.75 Å². The van der Waals surface area contributed by atoms with Crippen LogP contribution in [0.25, 0.3) is 0 Å². The molecule has 0 fully saturated rings. The molecule has 112 valence electrons. The van der Waals surface area contributed by atoms with E-state index in [0.29, 0.717) is 19.7 Å². The van der Waals surface area contributed by atoms with Crippen molar-refractivity contribution in [2.24, 2.45) is 0 Å². The standard InChI is InChI=1S/C14H22N2O4/c1-5-15(10-14(3,4)17)11-7-8-12(16(18)19)13(9-11)20-6-2/h7-9,17H,5-6,10H2,1-4H3. The third kappa shape index (κ3) is 4.38. The molecule has 6 nitrogen and oxygen atoms in total. The monoisotopic (exact) mass is 282 g/mol. The molecule has 0 aliphatic carbocycles. The lowest BCUT2D eigenvalue weighted by molar-refractivity contribution is -0.385. The van der Waals surface area contributed by atoms with Crippen LogP contribution in [-0.4, -0.2) is 35.3 Å². The van der Waals surface area contributed by atoms with E-state index in [2.05, 4.69) is 0 Å². The third-order valence-electron chi connectivity index (χ3n) is 2.76. The minimum absolute atomic E-state index is 0.0464. The highest BCUT2D eigenvalue weighted by Gasteiger charge is 2.21. The summed E-state index contributed by atoms with van der Waals surface area (Å²) in [5.41, 5.74) is -0.0950. The fourth-order valence-electron chi connectivity index (χ4n) is 1.97. The Kier molecular flexibility index (Phi) is 5.33. The van der Waals surface area contributed by atoms with Crippen molar-refractivity contribution in [3.05, 3.63) is 28.3 Å². The predicted molar refractivity (Wildman–Crippen MR) is 78.5 cm³/mol. The Morgan fingerprint density at radius 3 is 2.50 bits per heavy atom. The average molecular weight is 282 g/mol. The lowest BCUT2D eigenvalue weighted by Crippen LogP contribution is -2.38. The van der Waals surface area contributed by atoms with Gasteiger partial charge >= 0.3 is 5.69 Å². The highest BCUT2D eigenvalue weighted by Crippen LogP contribution is 2.32. The van der Waals surface area contributed by atoms with Crippen molar-refractivity contribution in [2.75, 3.05) is 24.6 Å². The van der Waals surface area contributed by atoms with Crippen LogP contribution >= 0.6 is 0 Å². The maximum absolute atomic E-state index is 10.9. The predicted octanol–water partition coefficient (Wildman–Crippen LogP) is 2.59. The minimum atomic E-state index is -0.844. The first-order valence-electron chi connectivity index (χ1n) is 6.67. The summed E-state index contributed by atoms with van der Waals surface area (Å²) >= 11 is 0. The Morgan fingerprint density at radius 2 is 2.05 bits per heavy atom. The van der Waals surface area contributed by atoms with Crippen LogP contribution in [0.2, 0.25) is 0 Å². The number of benzene rings is 1. The lowest BCUT2D eigenvalue weighted by Gasteiger charge is -2.30. The lowest BCUT2D eigenvalue weighted by atomic mass is 10.1. The molecule has 0 spiro atoms. The second-order valence-electron chi connectivity index (χ2n) is 5.17. The number of ether oxygens (including phenoxy) is 1. The Balaban J connectivity index is 3.11. The van der Waals surface area contributed by atoms with Crippen LogP contribution in [0.15, 0.2) is 18.2 Å². The molecule has 0 aliphatic rings. The fraction of sp³-hybridized carbons (Fsp3) is 0.571. The molecule has 6 heteroatoms. The zero-order valence-corrected chi connectivity index (χ0v) is 12.4. The van der Waals surface area contributed by atoms with E-state index in [4.69, 9.17) is 4.74 Å². The molecule has 1 N–H and O–H groups in total. The molecule has 0 unspecified atom stereocenters. The van der Waals surface area contributed by atoms with Crippen molar-refractivity contribution in [2.45, 2.75) is 33.3 Å². The van der Waals surface area contributed by atoms with Crippen LogP contribution in [0.1, 0.15) is 27.7 Å². The summed E-state index contributed by atoms with van der Waals surface area (Å²) in [7, 11) is 0. The Morgan fingerprint density at radius 1 is 1.40 bits per heavy atom. The molecule has 0 radical (unpaired) electrons. The largest absolute Gasteiger partial charge is 0.487 e. The fourth-order valence-corrected chi connectivity index (χ4v) is 1.97. The number of hydrogen-bond donors (Lipinski definition) is 1. The van der Waals surface area contributed by atoms with Gasteiger partial charge in [-0.3, -0.25) is 10.1 Å². The van der Waals surface area contributed by atoms with Gasteiger partial charge in [0.25, 0.3) is 0 Å². The van der Waals surface area contributed by atoms with Crippen LogP contribution in [0.5, 0.6) is 5.75 Å². The number of hydrogen-bond acceptors (Lipinski definition) is 5. The Hall–Kier alpha value is -1.82. The van der Waals surface area contributed by atoms with E-state index in [1.165, 1.54) is 6.07 Å². The van der Waals surface area contributed by atoms with Crippen LogP contribution < -0.4 is 9.64 Å². The zero-order chi connectivity index (χ0) is 15.3. The van der Waals surface area contributed by atoms with Crippen LogP contribution in [0.4, 0.5) is 11.4 Å². The van der Waals surface area contributed by atoms with Gasteiger partial charge in [0.1, 0.15) is 0 Å². The summed E-state index contributed by atoms with van der Waals surface area (Å²) in [4.78, 5) is 12.4. The Bertz CT molecular complexity index is 469. The third-order valence-corrected chi connectivity index (χ3v) is 2.76. The molecule has 0 saturated heterocycles. The number of nitrogens with zero attached hydrogens (tertiary/aromatic N) is 2. The van der Waals surface area contributed by atoms with Crippen molar-refractivity contribution in [3.63, 3.8) is 0 Å². The number of rotatable bonds is 7. The molecule has 0 atom stereocenters. The summed E-state index contributed by atoms with van der Waals surface area (Å²) in [6.07, 6.45) is 0. The summed E-state index contributed by atoms with van der Waals surface area (Å²) in [5.74, 6) is 0.254. The topological polar surface area (TPSA) is 75.8 Å². The van der Waals surface area contributed by atoms with E-state index in [-0.39, 0.29) is 11.4 Å². The summed E-state index contributed by atoms with van der Waals surface area (Å²) in [6.45, 7) is 8.69. The van der Waals surface area contributed by atoms with Crippen LogP contribution in [0, 0.1) is 10.1 Å². The van der Waals surface area contributed by atoms with Gasteiger partial charge in [0.05, 0.1) is 17.1 Å². The number of nitro groups is 1. The average Bonchev–Trinajstić information content (AvgIpc) is 2.35. The number of likely N-dealkylation sites (N-methyl/N-ethyl adjacent to an activating group) is 1. The van der Waals surface area contributed by atoms with Crippen molar-refractivity contribution >= 4 is 11.4 Å². The molecular formula is C14H22N2O4. The number of nitro benzene ring substituents is 1. The zero-order valence-electron chi connectivity index (χ0n) is 12.4. The number of aliphatic hydroxyl groups is 1. The van der Waals surface area contributed by atoms with Gasteiger partial charge in [-0.15, -0.1) is 0 Å². The second kappa shape index (κ2) is 6.56. The van der Waals surface area contributed by atoms with Crippen LogP contribution in [-0.2, 0) is 0 Å². The smallest absolute Gasteiger partial charge is 0.311 e. The first-order chi connectivity index (χ1) is 9.28. The molecule has 0 heterocycles. The maximum Gasteiger partial charge on any atom is 0.311 e. The van der Waals surface area contributed by atoms with Crippen molar-refractivity contribution < 1.29 is 14.8 Å². The van der Waals surface area contributed by atoms with Gasteiger partial charge in [0, 0.05) is 30.9 Å². The molecule has 1 aromatic rings. The highest BCUT2D eigenvalue weighted by atomic mass is 16.6. The van der Waals surface area contributed by atoms with E-state index in [9.17, 15) is 15.2 Å². The van der Waals surface area contributed by atoms with Crippen molar-refractivity contribution in [1.82, 2.24) is 0 Å². The van der Waals surface area contributed by atoms with Crippen LogP contribution in [0.3, 0.4) is 0 Å². The molecule has 1 rings (SSSR count). The van der Waals surface area contributed by atoms with Gasteiger partial charge in [-0.05, 0) is 33.8 Å². The number of anilines is 1. The molecular weight excluding hydrogens is 260 g/mol. The van der Waals surface area contributed by atoms with Gasteiger partial charge < -0.3 is 14.7 Å². The van der Waals surface area contributed by atoms with Crippen molar-refractivity contribution in [3.8, 4) is 5.75 Å². The van der Waals surface area contributed by atoms with Gasteiger partial charge in [0.2, 0.25) is 0 Å². The first kappa shape index (κ1) is 16.2. The normalized spacial score (nSPS) is 11.2. The van der Waals surface area contributed by atoms with Gasteiger partial charge in [-0.2, -0.15) is 0 Å². The molecule has 1 aromatic carbocycles. The van der Waals surface area contributed by atoms with Gasteiger partial charge in [-0.25, -0.2) is 0 Å². The maximum atomic E-state index is 10.9. The molecule has 0 aliphatic heterocycles. The van der Waals surface area contributed by atoms with E-state index in [1.54, 1.807) is 32.9 Å². The molecule has 0 saturated carbocycles. The molecule has 0 amide bonds. The minimum Gasteiger partial charge on any atom is -0.487 e. The summed E-state index contributed by atoms with van der Waals surface area (Å²) < 4.78 is 5.33. The first-order valence-corrected chi connectivity index (χ1v) is 6.67. The quantitative estimate of drug-likeness (QED) is 0.614. The van der Waals surface area contributed by atoms with E-state index in [0.717, 1.165) is 5.69 Å². The van der Waals surface area contributed by atoms with E-state index < -0.39 is 10.5 Å². The SMILES string of the molecule is CCOc1cc(N(CC)CC(C)(C)O)ccc1[N+](=O)[O-]. The van der Waals surface area contributed by atoms with E-state index >= 15 is 0 Å². The second-order valence-corrected chi connectivity index (χ2v) is 5.17.